The van der Waals surface area contributed by atoms with E-state index in [9.17, 15) is 19.2 Å². The van der Waals surface area contributed by atoms with Crippen molar-refractivity contribution in [3.05, 3.63) is 78.4 Å². The molecule has 3 aromatic rings. The molecule has 0 heterocycles. The smallest absolute Gasteiger partial charge is 0.262 e. The Labute approximate surface area is 196 Å². The summed E-state index contributed by atoms with van der Waals surface area (Å²) in [6, 6.07) is 19.8. The van der Waals surface area contributed by atoms with E-state index < -0.39 is 0 Å². The summed E-state index contributed by atoms with van der Waals surface area (Å²) in [7, 11) is 0. The van der Waals surface area contributed by atoms with Crippen LogP contribution < -0.4 is 26.0 Å². The van der Waals surface area contributed by atoms with E-state index in [-0.39, 0.29) is 30.2 Å². The minimum absolute atomic E-state index is 0.172. The van der Waals surface area contributed by atoms with Crippen LogP contribution in [0.5, 0.6) is 5.75 Å². The van der Waals surface area contributed by atoms with Gasteiger partial charge in [-0.05, 0) is 72.8 Å². The first kappa shape index (κ1) is 24.0. The Kier molecular flexibility index (Phi) is 7.96. The van der Waals surface area contributed by atoms with Gasteiger partial charge in [-0.1, -0.05) is 0 Å². The Morgan fingerprint density at radius 1 is 0.588 bits per heavy atom. The molecule has 0 aliphatic carbocycles. The number of hydrogen-bond donors (Lipinski definition) is 4. The molecule has 0 aromatic heterocycles. The van der Waals surface area contributed by atoms with Gasteiger partial charge in [-0.15, -0.1) is 0 Å². The second kappa shape index (κ2) is 11.3. The molecule has 0 fully saturated rings. The Morgan fingerprint density at radius 2 is 1.00 bits per heavy atom. The zero-order chi connectivity index (χ0) is 24.5. The van der Waals surface area contributed by atoms with Crippen LogP contribution in [0, 0.1) is 0 Å². The molecule has 34 heavy (non-hydrogen) atoms. The van der Waals surface area contributed by atoms with Crippen LogP contribution in [0.3, 0.4) is 0 Å². The van der Waals surface area contributed by atoms with Gasteiger partial charge in [-0.25, -0.2) is 0 Å². The summed E-state index contributed by atoms with van der Waals surface area (Å²) in [5.74, 6) is -0.566. The highest BCUT2D eigenvalue weighted by Gasteiger charge is 2.08. The minimum atomic E-state index is -0.350. The van der Waals surface area contributed by atoms with Crippen molar-refractivity contribution in [2.45, 2.75) is 13.8 Å². The molecular formula is C25H24N4O5. The number of amides is 4. The van der Waals surface area contributed by atoms with Crippen molar-refractivity contribution in [1.82, 2.24) is 0 Å². The molecule has 3 aromatic carbocycles. The first-order chi connectivity index (χ1) is 16.3. The fraction of sp³-hybridized carbons (Fsp3) is 0.120. The summed E-state index contributed by atoms with van der Waals surface area (Å²) in [4.78, 5) is 46.7. The second-order valence-electron chi connectivity index (χ2n) is 7.33. The monoisotopic (exact) mass is 460 g/mol. The molecule has 4 N–H and O–H groups in total. The summed E-state index contributed by atoms with van der Waals surface area (Å²) < 4.78 is 5.48. The number of rotatable bonds is 8. The first-order valence-electron chi connectivity index (χ1n) is 10.4. The highest BCUT2D eigenvalue weighted by Crippen LogP contribution is 2.17. The van der Waals surface area contributed by atoms with Gasteiger partial charge in [-0.3, -0.25) is 19.2 Å². The van der Waals surface area contributed by atoms with Gasteiger partial charge in [0.15, 0.2) is 6.61 Å². The molecule has 0 spiro atoms. The zero-order valence-corrected chi connectivity index (χ0v) is 18.7. The largest absolute Gasteiger partial charge is 0.484 e. The van der Waals surface area contributed by atoms with Crippen molar-refractivity contribution < 1.29 is 23.9 Å². The quantitative estimate of drug-likeness (QED) is 0.406. The summed E-state index contributed by atoms with van der Waals surface area (Å²) >= 11 is 0. The SMILES string of the molecule is CC(=O)Nc1ccc(NC(=O)COc2ccc(C(=O)Nc3ccc(NC(C)=O)cc3)cc2)cc1. The van der Waals surface area contributed by atoms with E-state index in [0.29, 0.717) is 34.1 Å². The number of hydrogen-bond acceptors (Lipinski definition) is 5. The molecule has 0 atom stereocenters. The fourth-order valence-corrected chi connectivity index (χ4v) is 2.93. The van der Waals surface area contributed by atoms with Crippen molar-refractivity contribution in [1.29, 1.82) is 0 Å². The van der Waals surface area contributed by atoms with Crippen molar-refractivity contribution in [3.8, 4) is 5.75 Å². The van der Waals surface area contributed by atoms with Gasteiger partial charge in [0.25, 0.3) is 11.8 Å². The molecule has 0 saturated carbocycles. The van der Waals surface area contributed by atoms with E-state index in [1.165, 1.54) is 13.8 Å². The number of ether oxygens (including phenoxy) is 1. The third-order valence-corrected chi connectivity index (χ3v) is 4.44. The van der Waals surface area contributed by atoms with E-state index >= 15 is 0 Å². The lowest BCUT2D eigenvalue weighted by Gasteiger charge is -2.10. The molecule has 0 aliphatic heterocycles. The normalized spacial score (nSPS) is 10.1. The third kappa shape index (κ3) is 7.49. The average molecular weight is 460 g/mol. The molecule has 0 radical (unpaired) electrons. The number of carbonyl (C=O) groups excluding carboxylic acids is 4. The lowest BCUT2D eigenvalue weighted by Crippen LogP contribution is -2.20. The summed E-state index contributed by atoms with van der Waals surface area (Å²) in [5, 5.41) is 10.8. The Hall–Kier alpha value is -4.66. The highest BCUT2D eigenvalue weighted by molar-refractivity contribution is 6.04. The fourth-order valence-electron chi connectivity index (χ4n) is 2.93. The lowest BCUT2D eigenvalue weighted by atomic mass is 10.2. The maximum Gasteiger partial charge on any atom is 0.262 e. The van der Waals surface area contributed by atoms with Crippen LogP contribution in [0.15, 0.2) is 72.8 Å². The summed E-state index contributed by atoms with van der Waals surface area (Å²) in [5.41, 5.74) is 2.84. The van der Waals surface area contributed by atoms with E-state index in [1.54, 1.807) is 72.8 Å². The molecule has 9 nitrogen and oxygen atoms in total. The molecule has 0 bridgehead atoms. The predicted molar refractivity (Wildman–Crippen MR) is 130 cm³/mol. The Morgan fingerprint density at radius 3 is 1.44 bits per heavy atom. The Bertz CT molecular complexity index is 1170. The van der Waals surface area contributed by atoms with Crippen LogP contribution >= 0.6 is 0 Å². The Balaban J connectivity index is 1.47. The van der Waals surface area contributed by atoms with Crippen molar-refractivity contribution in [3.63, 3.8) is 0 Å². The molecule has 174 valence electrons. The zero-order valence-electron chi connectivity index (χ0n) is 18.7. The number of benzene rings is 3. The van der Waals surface area contributed by atoms with E-state index in [4.69, 9.17) is 4.74 Å². The molecule has 3 rings (SSSR count). The van der Waals surface area contributed by atoms with Crippen molar-refractivity contribution in [2.75, 3.05) is 27.9 Å². The van der Waals surface area contributed by atoms with Crippen LogP contribution in [-0.4, -0.2) is 30.2 Å². The predicted octanol–water partition coefficient (Wildman–Crippen LogP) is 3.87. The van der Waals surface area contributed by atoms with Crippen molar-refractivity contribution in [2.24, 2.45) is 0 Å². The van der Waals surface area contributed by atoms with Gasteiger partial charge < -0.3 is 26.0 Å². The van der Waals surface area contributed by atoms with Crippen LogP contribution in [0.4, 0.5) is 22.7 Å². The van der Waals surface area contributed by atoms with Gasteiger partial charge in [-0.2, -0.15) is 0 Å². The van der Waals surface area contributed by atoms with Gasteiger partial charge >= 0.3 is 0 Å². The molecule has 0 saturated heterocycles. The average Bonchev–Trinajstić information content (AvgIpc) is 2.80. The maximum absolute atomic E-state index is 12.4. The van der Waals surface area contributed by atoms with Gasteiger partial charge in [0, 0.05) is 42.2 Å². The number of anilines is 4. The molecule has 4 amide bonds. The summed E-state index contributed by atoms with van der Waals surface area (Å²) in [6.45, 7) is 2.63. The van der Waals surface area contributed by atoms with Crippen molar-refractivity contribution >= 4 is 46.4 Å². The molecule has 9 heteroatoms. The number of carbonyl (C=O) groups is 4. The number of nitrogens with one attached hydrogen (secondary N) is 4. The maximum atomic E-state index is 12.4. The second-order valence-corrected chi connectivity index (χ2v) is 7.33. The van der Waals surface area contributed by atoms with Gasteiger partial charge in [0.1, 0.15) is 5.75 Å². The van der Waals surface area contributed by atoms with E-state index in [0.717, 1.165) is 0 Å². The lowest BCUT2D eigenvalue weighted by molar-refractivity contribution is -0.118. The van der Waals surface area contributed by atoms with Crippen LogP contribution in [0.2, 0.25) is 0 Å². The van der Waals surface area contributed by atoms with E-state index in [1.807, 2.05) is 0 Å². The molecule has 0 aliphatic rings. The topological polar surface area (TPSA) is 126 Å². The first-order valence-corrected chi connectivity index (χ1v) is 10.4. The van der Waals surface area contributed by atoms with Crippen LogP contribution in [-0.2, 0) is 14.4 Å². The van der Waals surface area contributed by atoms with Gasteiger partial charge in [0.05, 0.1) is 0 Å². The van der Waals surface area contributed by atoms with Crippen LogP contribution in [0.1, 0.15) is 24.2 Å². The van der Waals surface area contributed by atoms with E-state index in [2.05, 4.69) is 21.3 Å². The molecule has 0 unspecified atom stereocenters. The minimum Gasteiger partial charge on any atom is -0.484 e. The third-order valence-electron chi connectivity index (χ3n) is 4.44. The standard InChI is InChI=1S/C25H24N4O5/c1-16(30)26-19-5-9-21(10-6-19)28-24(32)15-34-23-13-3-18(4-14-23)25(33)29-22-11-7-20(8-12-22)27-17(2)31/h3-14H,15H2,1-2H3,(H,26,30)(H,27,31)(H,28,32)(H,29,33). The van der Waals surface area contributed by atoms with Crippen LogP contribution in [0.25, 0.3) is 0 Å². The molecular weight excluding hydrogens is 436 g/mol. The van der Waals surface area contributed by atoms with Gasteiger partial charge in [0.2, 0.25) is 11.8 Å². The highest BCUT2D eigenvalue weighted by atomic mass is 16.5. The summed E-state index contributed by atoms with van der Waals surface area (Å²) in [6.07, 6.45) is 0.